The van der Waals surface area contributed by atoms with Crippen LogP contribution in [0.3, 0.4) is 0 Å². The van der Waals surface area contributed by atoms with Crippen molar-refractivity contribution in [2.45, 2.75) is 140 Å². The molecule has 1 saturated heterocycles. The quantitative estimate of drug-likeness (QED) is 0.122. The fourth-order valence-electron chi connectivity index (χ4n) is 4.81. The normalized spacial score (nSPS) is 15.7. The number of rotatable bonds is 13. The monoisotopic (exact) mass is 699 g/mol. The summed E-state index contributed by atoms with van der Waals surface area (Å²) < 4.78 is 40.5. The molecule has 1 heterocycles. The Balaban J connectivity index is 0. The molecule has 1 aromatic rings. The molecule has 0 saturated carbocycles. The Kier molecular flexibility index (Phi) is 27.5. The van der Waals surface area contributed by atoms with Gasteiger partial charge >= 0.3 is 6.18 Å². The summed E-state index contributed by atoms with van der Waals surface area (Å²) in [5.41, 5.74) is 6.41. The number of nitrogens with zero attached hydrogens (tertiary/aromatic N) is 2. The molecule has 1 aromatic carbocycles. The number of hydrogen-bond donors (Lipinski definition) is 2. The van der Waals surface area contributed by atoms with Gasteiger partial charge in [0.1, 0.15) is 5.71 Å². The molecule has 4 nitrogen and oxygen atoms in total. The van der Waals surface area contributed by atoms with E-state index in [9.17, 15) is 13.2 Å². The van der Waals surface area contributed by atoms with Crippen molar-refractivity contribution in [3.05, 3.63) is 95.4 Å². The molecule has 0 radical (unpaired) electrons. The number of allylic oxidation sites excluding steroid dienone is 8. The standard InChI is InChI=1S/C28H36F3N3.C7H13N.C5H12.C3H8/c1-9-13-14-26(34-23-15-16-25(19(5)6)22(10-2)17-23)21(8)33-18-20(7)24(11-3)27(32-12-4)28(29,30)31;1-6(2)7-4-3-5-8-7;1-3-5-4-2;1-3-2/h9,11,13-18,34H,5,10,12H2,1-4,6-8H3;7-8H,1,3-5H2,2H3;3-5H2,1-2H3;3H2,1-2H3/b13-9-,20-18+,24-11-,26-14+,32-27?,33-21+;;;. The van der Waals surface area contributed by atoms with E-state index in [0.717, 1.165) is 28.9 Å². The van der Waals surface area contributed by atoms with Crippen LogP contribution in [0.4, 0.5) is 18.9 Å². The van der Waals surface area contributed by atoms with Gasteiger partial charge in [-0.2, -0.15) is 13.2 Å². The molecular weight excluding hydrogens is 629 g/mol. The summed E-state index contributed by atoms with van der Waals surface area (Å²) in [6.45, 7) is 32.5. The van der Waals surface area contributed by atoms with E-state index in [2.05, 4.69) is 81.4 Å². The average molecular weight is 699 g/mol. The molecule has 1 fully saturated rings. The van der Waals surface area contributed by atoms with Gasteiger partial charge in [-0.3, -0.25) is 9.98 Å². The zero-order valence-electron chi connectivity index (χ0n) is 33.5. The van der Waals surface area contributed by atoms with Crippen molar-refractivity contribution in [2.75, 3.05) is 18.4 Å². The molecule has 0 bridgehead atoms. The highest BCUT2D eigenvalue weighted by Crippen LogP contribution is 2.27. The summed E-state index contributed by atoms with van der Waals surface area (Å²) >= 11 is 0. The molecular formula is C43H69F3N4. The van der Waals surface area contributed by atoms with Crippen LogP contribution in [0.15, 0.2) is 94.3 Å². The summed E-state index contributed by atoms with van der Waals surface area (Å²) in [6, 6.07) is 6.72. The van der Waals surface area contributed by atoms with Gasteiger partial charge in [-0.15, -0.1) is 0 Å². The van der Waals surface area contributed by atoms with Gasteiger partial charge in [0.05, 0.1) is 11.4 Å². The minimum Gasteiger partial charge on any atom is -0.354 e. The van der Waals surface area contributed by atoms with E-state index < -0.39 is 11.9 Å². The third kappa shape index (κ3) is 20.3. The van der Waals surface area contributed by atoms with Crippen molar-refractivity contribution >= 4 is 22.7 Å². The highest BCUT2D eigenvalue weighted by molar-refractivity contribution is 6.07. The second kappa shape index (κ2) is 28.3. The minimum absolute atomic E-state index is 0.0285. The van der Waals surface area contributed by atoms with E-state index >= 15 is 0 Å². The first-order chi connectivity index (χ1) is 23.6. The van der Waals surface area contributed by atoms with Gasteiger partial charge in [-0.05, 0) is 109 Å². The Morgan fingerprint density at radius 1 is 1.00 bits per heavy atom. The largest absolute Gasteiger partial charge is 0.433 e. The van der Waals surface area contributed by atoms with E-state index in [1.165, 1.54) is 68.5 Å². The molecule has 282 valence electrons. The van der Waals surface area contributed by atoms with Gasteiger partial charge in [0.15, 0.2) is 0 Å². The minimum atomic E-state index is -4.53. The van der Waals surface area contributed by atoms with Crippen molar-refractivity contribution in [3.63, 3.8) is 0 Å². The van der Waals surface area contributed by atoms with Crippen molar-refractivity contribution in [3.8, 4) is 0 Å². The predicted molar refractivity (Wildman–Crippen MR) is 219 cm³/mol. The first-order valence-electron chi connectivity index (χ1n) is 18.4. The Bertz CT molecular complexity index is 1320. The van der Waals surface area contributed by atoms with Gasteiger partial charge in [0.25, 0.3) is 0 Å². The summed E-state index contributed by atoms with van der Waals surface area (Å²) in [5, 5.41) is 6.75. The molecule has 1 aliphatic rings. The Labute approximate surface area is 304 Å². The molecule has 1 aliphatic heterocycles. The smallest absolute Gasteiger partial charge is 0.354 e. The fraction of sp³-hybridized carbons (Fsp3) is 0.535. The number of aryl methyl sites for hydroxylation is 1. The first kappa shape index (κ1) is 48.7. The van der Waals surface area contributed by atoms with Crippen LogP contribution in [0.2, 0.25) is 0 Å². The number of halogens is 3. The zero-order chi connectivity index (χ0) is 38.7. The van der Waals surface area contributed by atoms with Gasteiger partial charge in [-0.1, -0.05) is 109 Å². The Morgan fingerprint density at radius 2 is 1.62 bits per heavy atom. The third-order valence-corrected chi connectivity index (χ3v) is 7.44. The Morgan fingerprint density at radius 3 is 2.00 bits per heavy atom. The average Bonchev–Trinajstić information content (AvgIpc) is 3.62. The lowest BCUT2D eigenvalue weighted by molar-refractivity contribution is -0.0583. The predicted octanol–water partition coefficient (Wildman–Crippen LogP) is 13.4. The molecule has 2 N–H and O–H groups in total. The van der Waals surface area contributed by atoms with E-state index in [1.807, 2.05) is 51.1 Å². The lowest BCUT2D eigenvalue weighted by Gasteiger charge is -2.15. The van der Waals surface area contributed by atoms with Crippen molar-refractivity contribution in [1.29, 1.82) is 0 Å². The topological polar surface area (TPSA) is 48.8 Å². The van der Waals surface area contributed by atoms with Crippen LogP contribution < -0.4 is 10.6 Å². The number of nitrogens with one attached hydrogen (secondary N) is 2. The molecule has 7 heteroatoms. The van der Waals surface area contributed by atoms with Crippen molar-refractivity contribution < 1.29 is 13.2 Å². The molecule has 1 unspecified atom stereocenters. The zero-order valence-corrected chi connectivity index (χ0v) is 33.5. The summed E-state index contributed by atoms with van der Waals surface area (Å²) in [6.07, 6.45) is 12.8. The highest BCUT2D eigenvalue weighted by atomic mass is 19.4. The molecule has 0 spiro atoms. The Hall–Kier alpha value is -3.45. The SMILES string of the molecule is C=C(C)C1CCCN1.C=C(C)c1ccc(NC(=C/C=C\C)/C(C)=N/C=C(C)/C(=C/C)C(=NCC)C(F)(F)F)cc1CC.CCC.CCCCC. The van der Waals surface area contributed by atoms with Crippen LogP contribution in [0.1, 0.15) is 133 Å². The summed E-state index contributed by atoms with van der Waals surface area (Å²) in [5.74, 6) is 0. The number of unbranched alkanes of at least 4 members (excludes halogenated alkanes) is 2. The van der Waals surface area contributed by atoms with E-state index in [-0.39, 0.29) is 12.1 Å². The fourth-order valence-corrected chi connectivity index (χ4v) is 4.81. The van der Waals surface area contributed by atoms with E-state index in [0.29, 0.717) is 17.3 Å². The number of benzene rings is 1. The van der Waals surface area contributed by atoms with Gasteiger partial charge < -0.3 is 10.6 Å². The van der Waals surface area contributed by atoms with E-state index in [1.54, 1.807) is 20.8 Å². The number of aliphatic imine (C=N–C) groups is 2. The first-order valence-corrected chi connectivity index (χ1v) is 18.4. The second-order valence-electron chi connectivity index (χ2n) is 12.3. The van der Waals surface area contributed by atoms with Gasteiger partial charge in [0, 0.05) is 30.0 Å². The van der Waals surface area contributed by atoms with E-state index in [4.69, 9.17) is 0 Å². The van der Waals surface area contributed by atoms with Crippen molar-refractivity contribution in [2.24, 2.45) is 9.98 Å². The second-order valence-corrected chi connectivity index (χ2v) is 12.3. The lowest BCUT2D eigenvalue weighted by atomic mass is 9.99. The number of alkyl halides is 3. The summed E-state index contributed by atoms with van der Waals surface area (Å²) in [7, 11) is 0. The van der Waals surface area contributed by atoms with Crippen LogP contribution in [-0.4, -0.2) is 36.7 Å². The third-order valence-electron chi connectivity index (χ3n) is 7.44. The maximum Gasteiger partial charge on any atom is 0.433 e. The van der Waals surface area contributed by atoms with Crippen LogP contribution in [0, 0.1) is 0 Å². The number of hydrogen-bond acceptors (Lipinski definition) is 4. The lowest BCUT2D eigenvalue weighted by Crippen LogP contribution is -2.26. The maximum absolute atomic E-state index is 13.5. The van der Waals surface area contributed by atoms with Crippen LogP contribution in [0.25, 0.3) is 5.57 Å². The molecule has 0 aliphatic carbocycles. The van der Waals surface area contributed by atoms with Crippen molar-refractivity contribution in [1.82, 2.24) is 5.32 Å². The molecule has 0 amide bonds. The highest BCUT2D eigenvalue weighted by Gasteiger charge is 2.37. The molecule has 1 atom stereocenters. The molecule has 2 rings (SSSR count). The summed E-state index contributed by atoms with van der Waals surface area (Å²) in [4.78, 5) is 8.14. The maximum atomic E-state index is 13.5. The van der Waals surface area contributed by atoms with Gasteiger partial charge in [0.2, 0.25) is 0 Å². The molecule has 50 heavy (non-hydrogen) atoms. The number of anilines is 1. The van der Waals surface area contributed by atoms with Crippen LogP contribution in [-0.2, 0) is 6.42 Å². The molecule has 0 aromatic heterocycles. The van der Waals surface area contributed by atoms with Crippen LogP contribution in [0.5, 0.6) is 0 Å². The van der Waals surface area contributed by atoms with Gasteiger partial charge in [-0.25, -0.2) is 0 Å². The van der Waals surface area contributed by atoms with Crippen LogP contribution >= 0.6 is 0 Å².